The van der Waals surface area contributed by atoms with Gasteiger partial charge in [-0.25, -0.2) is 9.67 Å². The van der Waals surface area contributed by atoms with Crippen LogP contribution in [0.1, 0.15) is 43.8 Å². The Morgan fingerprint density at radius 1 is 1.29 bits per heavy atom. The minimum Gasteiger partial charge on any atom is -0.308 e. The summed E-state index contributed by atoms with van der Waals surface area (Å²) in [5.41, 5.74) is 3.18. The second kappa shape index (κ2) is 6.16. The van der Waals surface area contributed by atoms with Gasteiger partial charge in [-0.1, -0.05) is 25.4 Å². The number of nitrogens with zero attached hydrogens (tertiary/aromatic N) is 3. The monoisotopic (exact) mass is 304 g/mol. The van der Waals surface area contributed by atoms with E-state index in [1.807, 2.05) is 16.8 Å². The maximum absolute atomic E-state index is 6.26. The molecule has 0 atom stereocenters. The fraction of sp³-hybridized carbons (Fsp3) is 0.500. The van der Waals surface area contributed by atoms with Gasteiger partial charge < -0.3 is 5.32 Å². The van der Waals surface area contributed by atoms with Crippen molar-refractivity contribution in [3.63, 3.8) is 0 Å². The molecule has 0 unspecified atom stereocenters. The Labute approximate surface area is 130 Å². The van der Waals surface area contributed by atoms with E-state index < -0.39 is 0 Å². The highest BCUT2D eigenvalue weighted by molar-refractivity contribution is 6.31. The van der Waals surface area contributed by atoms with Gasteiger partial charge in [0.1, 0.15) is 0 Å². The van der Waals surface area contributed by atoms with Crippen molar-refractivity contribution in [3.05, 3.63) is 40.3 Å². The molecule has 5 heteroatoms. The van der Waals surface area contributed by atoms with E-state index in [1.165, 1.54) is 18.5 Å². The first-order chi connectivity index (χ1) is 10.2. The Balaban J connectivity index is 1.90. The van der Waals surface area contributed by atoms with Crippen LogP contribution in [0, 0.1) is 0 Å². The molecule has 3 rings (SSSR count). The third kappa shape index (κ3) is 3.27. The van der Waals surface area contributed by atoms with Gasteiger partial charge in [-0.05, 0) is 43.9 Å². The summed E-state index contributed by atoms with van der Waals surface area (Å²) in [4.78, 5) is 4.70. The molecule has 0 spiro atoms. The molecule has 1 saturated carbocycles. The smallest absolute Gasteiger partial charge is 0.154 e. The van der Waals surface area contributed by atoms with E-state index in [2.05, 4.69) is 30.3 Å². The molecule has 0 radical (unpaired) electrons. The maximum atomic E-state index is 6.26. The summed E-state index contributed by atoms with van der Waals surface area (Å²) in [7, 11) is 0. The van der Waals surface area contributed by atoms with Gasteiger partial charge in [0.05, 0.1) is 16.4 Å². The molecule has 2 aromatic heterocycles. The van der Waals surface area contributed by atoms with Gasteiger partial charge in [0.15, 0.2) is 5.82 Å². The van der Waals surface area contributed by atoms with Crippen LogP contribution in [0.2, 0.25) is 5.02 Å². The van der Waals surface area contributed by atoms with Crippen LogP contribution < -0.4 is 5.32 Å². The van der Waals surface area contributed by atoms with E-state index in [4.69, 9.17) is 16.6 Å². The van der Waals surface area contributed by atoms with E-state index in [1.54, 1.807) is 0 Å². The lowest BCUT2D eigenvalue weighted by Crippen LogP contribution is -2.17. The largest absolute Gasteiger partial charge is 0.308 e. The first-order valence-electron chi connectivity index (χ1n) is 7.68. The van der Waals surface area contributed by atoms with Crippen LogP contribution in [0.15, 0.2) is 18.2 Å². The predicted octanol–water partition coefficient (Wildman–Crippen LogP) is 3.30. The molecule has 21 heavy (non-hydrogen) atoms. The van der Waals surface area contributed by atoms with Gasteiger partial charge in [-0.2, -0.15) is 5.10 Å². The standard InChI is InChI=1S/C16H21ClN4/c1-3-11-9-13(4-2)21(20-11)16-8-7-14(17)15(19-16)10-18-12-5-6-12/h7-9,12,18H,3-6,10H2,1-2H3. The topological polar surface area (TPSA) is 42.7 Å². The summed E-state index contributed by atoms with van der Waals surface area (Å²) in [6, 6.07) is 6.65. The van der Waals surface area contributed by atoms with Gasteiger partial charge in [0.2, 0.25) is 0 Å². The molecule has 112 valence electrons. The molecule has 0 aromatic carbocycles. The zero-order valence-corrected chi connectivity index (χ0v) is 13.3. The molecule has 1 aliphatic carbocycles. The van der Waals surface area contributed by atoms with Crippen molar-refractivity contribution in [2.75, 3.05) is 0 Å². The van der Waals surface area contributed by atoms with E-state index >= 15 is 0 Å². The van der Waals surface area contributed by atoms with Crippen LogP contribution in [0.4, 0.5) is 0 Å². The fourth-order valence-corrected chi connectivity index (χ4v) is 2.51. The Bertz CT molecular complexity index is 631. The zero-order valence-electron chi connectivity index (χ0n) is 12.6. The summed E-state index contributed by atoms with van der Waals surface area (Å²) in [5.74, 6) is 0.851. The third-order valence-electron chi connectivity index (χ3n) is 3.81. The van der Waals surface area contributed by atoms with Gasteiger partial charge in [-0.3, -0.25) is 0 Å². The average molecular weight is 305 g/mol. The Kier molecular flexibility index (Phi) is 4.27. The lowest BCUT2D eigenvalue weighted by molar-refractivity contribution is 0.668. The van der Waals surface area contributed by atoms with Crippen LogP contribution in [0.5, 0.6) is 0 Å². The maximum Gasteiger partial charge on any atom is 0.154 e. The number of hydrogen-bond donors (Lipinski definition) is 1. The van der Waals surface area contributed by atoms with Crippen molar-refractivity contribution in [2.45, 2.75) is 52.1 Å². The molecule has 2 heterocycles. The van der Waals surface area contributed by atoms with Crippen molar-refractivity contribution in [1.82, 2.24) is 20.1 Å². The molecular weight excluding hydrogens is 284 g/mol. The van der Waals surface area contributed by atoms with Gasteiger partial charge in [-0.15, -0.1) is 0 Å². The molecule has 1 fully saturated rings. The molecule has 1 aliphatic rings. The Morgan fingerprint density at radius 2 is 2.10 bits per heavy atom. The zero-order chi connectivity index (χ0) is 14.8. The van der Waals surface area contributed by atoms with Crippen molar-refractivity contribution in [1.29, 1.82) is 0 Å². The van der Waals surface area contributed by atoms with Crippen molar-refractivity contribution in [2.24, 2.45) is 0 Å². The van der Waals surface area contributed by atoms with Crippen LogP contribution in [0.25, 0.3) is 5.82 Å². The predicted molar refractivity (Wildman–Crippen MR) is 85.0 cm³/mol. The average Bonchev–Trinajstić information content (AvgIpc) is 3.23. The highest BCUT2D eigenvalue weighted by Crippen LogP contribution is 2.22. The van der Waals surface area contributed by atoms with Crippen molar-refractivity contribution in [3.8, 4) is 5.82 Å². The first kappa shape index (κ1) is 14.5. The summed E-state index contributed by atoms with van der Waals surface area (Å²) >= 11 is 6.26. The number of rotatable bonds is 6. The molecule has 0 bridgehead atoms. The Morgan fingerprint density at radius 3 is 2.76 bits per heavy atom. The van der Waals surface area contributed by atoms with E-state index in [-0.39, 0.29) is 0 Å². The lowest BCUT2D eigenvalue weighted by Gasteiger charge is -2.09. The molecule has 1 N–H and O–H groups in total. The normalized spacial score (nSPS) is 14.6. The number of halogens is 1. The second-order valence-corrected chi connectivity index (χ2v) is 5.91. The lowest BCUT2D eigenvalue weighted by atomic mass is 10.2. The van der Waals surface area contributed by atoms with Gasteiger partial charge in [0, 0.05) is 18.3 Å². The summed E-state index contributed by atoms with van der Waals surface area (Å²) in [6.07, 6.45) is 4.39. The van der Waals surface area contributed by atoms with Crippen LogP contribution >= 0.6 is 11.6 Å². The van der Waals surface area contributed by atoms with Crippen molar-refractivity contribution < 1.29 is 0 Å². The Hall–Kier alpha value is -1.39. The number of hydrogen-bond acceptors (Lipinski definition) is 3. The highest BCUT2D eigenvalue weighted by atomic mass is 35.5. The number of nitrogens with one attached hydrogen (secondary N) is 1. The van der Waals surface area contributed by atoms with Crippen LogP contribution in [-0.2, 0) is 19.4 Å². The molecule has 0 aliphatic heterocycles. The minimum atomic E-state index is 0.647. The number of aryl methyl sites for hydroxylation is 2. The van der Waals surface area contributed by atoms with Crippen LogP contribution in [-0.4, -0.2) is 20.8 Å². The van der Waals surface area contributed by atoms with E-state index in [0.29, 0.717) is 11.1 Å². The van der Waals surface area contributed by atoms with Crippen LogP contribution in [0.3, 0.4) is 0 Å². The molecule has 0 amide bonds. The van der Waals surface area contributed by atoms with Gasteiger partial charge in [0.25, 0.3) is 0 Å². The molecule has 0 saturated heterocycles. The highest BCUT2D eigenvalue weighted by Gasteiger charge is 2.21. The quantitative estimate of drug-likeness (QED) is 0.890. The SMILES string of the molecule is CCc1cc(CC)n(-c2ccc(Cl)c(CNC3CC3)n2)n1. The van der Waals surface area contributed by atoms with Gasteiger partial charge >= 0.3 is 0 Å². The minimum absolute atomic E-state index is 0.647. The fourth-order valence-electron chi connectivity index (χ4n) is 2.34. The molecular formula is C16H21ClN4. The molecule has 2 aromatic rings. The van der Waals surface area contributed by atoms with Crippen molar-refractivity contribution >= 4 is 11.6 Å². The summed E-state index contributed by atoms with van der Waals surface area (Å²) in [6.45, 7) is 4.98. The van der Waals surface area contributed by atoms with E-state index in [9.17, 15) is 0 Å². The summed E-state index contributed by atoms with van der Waals surface area (Å²) < 4.78 is 1.94. The third-order valence-corrected chi connectivity index (χ3v) is 4.16. The second-order valence-electron chi connectivity index (χ2n) is 5.50. The number of pyridine rings is 1. The number of aromatic nitrogens is 3. The molecule has 4 nitrogen and oxygen atoms in total. The van der Waals surface area contributed by atoms with E-state index in [0.717, 1.165) is 36.6 Å². The summed E-state index contributed by atoms with van der Waals surface area (Å²) in [5, 5.41) is 8.82. The first-order valence-corrected chi connectivity index (χ1v) is 8.06.